The van der Waals surface area contributed by atoms with Crippen molar-refractivity contribution in [3.63, 3.8) is 0 Å². The summed E-state index contributed by atoms with van der Waals surface area (Å²) >= 11 is 0. The van der Waals surface area contributed by atoms with Crippen LogP contribution in [0.4, 0.5) is 0 Å². The summed E-state index contributed by atoms with van der Waals surface area (Å²) < 4.78 is 0. The molecule has 0 aromatic heterocycles. The van der Waals surface area contributed by atoms with Gasteiger partial charge in [-0.1, -0.05) is 6.58 Å². The Labute approximate surface area is 25.3 Å². The molecule has 1 aliphatic heterocycles. The molecular formula is C3H5N. The Hall–Kier alpha value is -0.460. The van der Waals surface area contributed by atoms with Crippen molar-refractivity contribution in [3.05, 3.63) is 12.3 Å². The molecule has 0 atom stereocenters. The van der Waals surface area contributed by atoms with Gasteiger partial charge in [-0.15, -0.1) is 0 Å². The zero-order chi connectivity index (χ0) is 2.99. The monoisotopic (exact) mass is 55.0 g/mol. The average Bonchev–Trinajstić information content (AvgIpc) is 1.75. The molecule has 1 N–H and O–H groups in total. The van der Waals surface area contributed by atoms with Crippen LogP contribution in [-0.4, -0.2) is 6.54 Å². The van der Waals surface area contributed by atoms with E-state index in [-0.39, 0.29) is 0 Å². The number of rotatable bonds is 0. The van der Waals surface area contributed by atoms with Crippen molar-refractivity contribution in [1.29, 1.82) is 0 Å². The summed E-state index contributed by atoms with van der Waals surface area (Å²) in [6, 6.07) is 0. The summed E-state index contributed by atoms with van der Waals surface area (Å²) in [5, 5.41) is 2.90. The van der Waals surface area contributed by atoms with E-state index in [2.05, 4.69) is 11.9 Å². The minimum Gasteiger partial charge on any atom is -0.382 e. The molecule has 0 unspecified atom stereocenters. The molecule has 1 nitrogen and oxygen atoms in total. The van der Waals surface area contributed by atoms with E-state index in [1.165, 1.54) is 5.70 Å². The van der Waals surface area contributed by atoms with Crippen LogP contribution in [0.3, 0.4) is 0 Å². The highest BCUT2D eigenvalue weighted by molar-refractivity contribution is 5.08. The van der Waals surface area contributed by atoms with Crippen LogP contribution >= 0.6 is 0 Å². The van der Waals surface area contributed by atoms with Crippen LogP contribution in [0.5, 0.6) is 0 Å². The lowest BCUT2D eigenvalue weighted by Crippen LogP contribution is -1.55. The number of hydrogen-bond donors (Lipinski definition) is 1. The van der Waals surface area contributed by atoms with Gasteiger partial charge in [0.15, 0.2) is 0 Å². The van der Waals surface area contributed by atoms with Gasteiger partial charge in [-0.3, -0.25) is 0 Å². The molecule has 1 aliphatic rings. The molecule has 0 amide bonds. The van der Waals surface area contributed by atoms with Crippen molar-refractivity contribution in [1.82, 2.24) is 5.32 Å². The second-order valence-corrected chi connectivity index (χ2v) is 0.957. The van der Waals surface area contributed by atoms with Crippen molar-refractivity contribution in [2.45, 2.75) is 0 Å². The first-order chi connectivity index (χ1) is 1.89. The van der Waals surface area contributed by atoms with E-state index >= 15 is 0 Å². The first kappa shape index (κ1) is 1.82. The number of nitrogens with one attached hydrogen (secondary N) is 1. The van der Waals surface area contributed by atoms with Crippen molar-refractivity contribution in [2.24, 2.45) is 0 Å². The maximum Gasteiger partial charge on any atom is 0.0539 e. The van der Waals surface area contributed by atoms with Gasteiger partial charge in [-0.2, -0.15) is 0 Å². The second kappa shape index (κ2) is 0.292. The lowest BCUT2D eigenvalue weighted by Gasteiger charge is -1.37. The van der Waals surface area contributed by atoms with E-state index in [9.17, 15) is 0 Å². The molecule has 0 aliphatic carbocycles. The first-order valence-corrected chi connectivity index (χ1v) is 1.31. The second-order valence-electron chi connectivity index (χ2n) is 0.957. The molecule has 0 aromatic rings. The quantitative estimate of drug-likeness (QED) is 0.390. The van der Waals surface area contributed by atoms with Crippen LogP contribution < -0.4 is 5.32 Å². The maximum atomic E-state index is 3.56. The zero-order valence-electron chi connectivity index (χ0n) is 2.41. The topological polar surface area (TPSA) is 21.9 Å². The molecule has 1 heterocycles. The molecular weight excluding hydrogens is 50.0 g/mol. The van der Waals surface area contributed by atoms with Gasteiger partial charge in [0.1, 0.15) is 0 Å². The highest BCUT2D eigenvalue weighted by Crippen LogP contribution is 1.92. The molecule has 1 fully saturated rings. The summed E-state index contributed by atoms with van der Waals surface area (Å²) in [5.74, 6) is 0. The Balaban J connectivity index is 2.60. The first-order valence-electron chi connectivity index (χ1n) is 1.31. The van der Waals surface area contributed by atoms with Crippen molar-refractivity contribution in [3.8, 4) is 0 Å². The summed E-state index contributed by atoms with van der Waals surface area (Å²) in [5.41, 5.74) is 1.17. The third-order valence-corrected chi connectivity index (χ3v) is 0.427. The van der Waals surface area contributed by atoms with Crippen molar-refractivity contribution in [2.75, 3.05) is 6.54 Å². The van der Waals surface area contributed by atoms with Gasteiger partial charge in [-0.05, 0) is 0 Å². The largest absolute Gasteiger partial charge is 0.382 e. The fourth-order valence-corrected chi connectivity index (χ4v) is 0.0625. The predicted molar refractivity (Wildman–Crippen MR) is 17.1 cm³/mol. The minimum atomic E-state index is 1.04. The van der Waals surface area contributed by atoms with Gasteiger partial charge < -0.3 is 5.32 Å². The molecule has 1 rings (SSSR count). The molecule has 4 heavy (non-hydrogen) atoms. The van der Waals surface area contributed by atoms with Crippen LogP contribution in [0.2, 0.25) is 0 Å². The molecule has 0 bridgehead atoms. The lowest BCUT2D eigenvalue weighted by atomic mass is 10.8. The molecule has 1 saturated heterocycles. The molecule has 0 spiro atoms. The number of hydrogen-bond acceptors (Lipinski definition) is 1. The average molecular weight is 55.1 g/mol. The van der Waals surface area contributed by atoms with E-state index in [4.69, 9.17) is 0 Å². The lowest BCUT2D eigenvalue weighted by molar-refractivity contribution is 1.38. The van der Waals surface area contributed by atoms with Gasteiger partial charge in [-0.25, -0.2) is 0 Å². The fourth-order valence-electron chi connectivity index (χ4n) is 0.0625. The highest BCUT2D eigenvalue weighted by Gasteiger charge is 2.00. The van der Waals surface area contributed by atoms with Crippen LogP contribution in [0.25, 0.3) is 0 Å². The SMILES string of the molecule is C=C1CN1. The van der Waals surface area contributed by atoms with Crippen molar-refractivity contribution >= 4 is 0 Å². The normalized spacial score (nSPS) is 19.5. The van der Waals surface area contributed by atoms with E-state index in [0.717, 1.165) is 6.54 Å². The predicted octanol–water partition coefficient (Wildman–Crippen LogP) is 0.103. The minimum absolute atomic E-state index is 1.04. The smallest absolute Gasteiger partial charge is 0.0539 e. The highest BCUT2D eigenvalue weighted by atomic mass is 15.0. The van der Waals surface area contributed by atoms with Gasteiger partial charge >= 0.3 is 0 Å². The molecule has 22 valence electrons. The molecule has 0 aromatic carbocycles. The molecule has 0 saturated carbocycles. The Kier molecular flexibility index (Phi) is 0.133. The van der Waals surface area contributed by atoms with Gasteiger partial charge in [0.2, 0.25) is 0 Å². The summed E-state index contributed by atoms with van der Waals surface area (Å²) in [6.45, 7) is 4.60. The van der Waals surface area contributed by atoms with Crippen molar-refractivity contribution < 1.29 is 0 Å². The molecule has 0 radical (unpaired) electrons. The summed E-state index contributed by atoms with van der Waals surface area (Å²) in [6.07, 6.45) is 0. The van der Waals surface area contributed by atoms with Crippen LogP contribution in [0.15, 0.2) is 12.3 Å². The summed E-state index contributed by atoms with van der Waals surface area (Å²) in [4.78, 5) is 0. The Morgan fingerprint density at radius 2 is 2.25 bits per heavy atom. The van der Waals surface area contributed by atoms with E-state index in [0.29, 0.717) is 0 Å². The van der Waals surface area contributed by atoms with Gasteiger partial charge in [0.05, 0.1) is 6.54 Å². The van der Waals surface area contributed by atoms with Gasteiger partial charge in [0.25, 0.3) is 0 Å². The summed E-state index contributed by atoms with van der Waals surface area (Å²) in [7, 11) is 0. The third-order valence-electron chi connectivity index (χ3n) is 0.427. The third kappa shape index (κ3) is 0.0696. The fraction of sp³-hybridized carbons (Fsp3) is 0.333. The van der Waals surface area contributed by atoms with Crippen LogP contribution in [0.1, 0.15) is 0 Å². The Morgan fingerprint density at radius 3 is 2.25 bits per heavy atom. The standard InChI is InChI=1S/C3H5N/c1-3-2-4-3/h4H,1-2H2. The Bertz CT molecular complexity index is 41.2. The van der Waals surface area contributed by atoms with E-state index < -0.39 is 0 Å². The van der Waals surface area contributed by atoms with E-state index in [1.807, 2.05) is 0 Å². The molecule has 1 heteroatoms. The maximum absolute atomic E-state index is 3.56. The van der Waals surface area contributed by atoms with Crippen LogP contribution in [-0.2, 0) is 0 Å². The Morgan fingerprint density at radius 1 is 2.00 bits per heavy atom. The van der Waals surface area contributed by atoms with Crippen LogP contribution in [0, 0.1) is 0 Å². The van der Waals surface area contributed by atoms with E-state index in [1.54, 1.807) is 0 Å². The van der Waals surface area contributed by atoms with Gasteiger partial charge in [0, 0.05) is 5.70 Å². The zero-order valence-corrected chi connectivity index (χ0v) is 2.41.